The van der Waals surface area contributed by atoms with Gasteiger partial charge in [0.05, 0.1) is 23.8 Å². The van der Waals surface area contributed by atoms with E-state index in [1.54, 1.807) is 13.4 Å². The van der Waals surface area contributed by atoms with Crippen molar-refractivity contribution in [2.75, 3.05) is 7.11 Å². The molecule has 0 amide bonds. The maximum Gasteiger partial charge on any atom is 0.141 e. The van der Waals surface area contributed by atoms with Gasteiger partial charge in [-0.15, -0.1) is 0 Å². The van der Waals surface area contributed by atoms with Gasteiger partial charge in [0, 0.05) is 22.4 Å². The zero-order chi connectivity index (χ0) is 18.2. The Morgan fingerprint density at radius 1 is 0.741 bits per heavy atom. The van der Waals surface area contributed by atoms with Crippen LogP contribution >= 0.6 is 0 Å². The van der Waals surface area contributed by atoms with E-state index in [0.29, 0.717) is 0 Å². The zero-order valence-electron chi connectivity index (χ0n) is 14.8. The van der Waals surface area contributed by atoms with Crippen molar-refractivity contribution in [3.8, 4) is 22.8 Å². The number of nitrogens with zero attached hydrogens (tertiary/aromatic N) is 3. The molecule has 0 atom stereocenters. The first-order valence-electron chi connectivity index (χ1n) is 8.80. The van der Waals surface area contributed by atoms with Crippen LogP contribution in [0.5, 0.6) is 5.75 Å². The van der Waals surface area contributed by atoms with Crippen LogP contribution in [-0.2, 0) is 0 Å². The van der Waals surface area contributed by atoms with Crippen molar-refractivity contribution in [3.63, 3.8) is 0 Å². The molecule has 2 aromatic heterocycles. The summed E-state index contributed by atoms with van der Waals surface area (Å²) < 4.78 is 7.54. The average molecular weight is 351 g/mol. The molecule has 5 aromatic rings. The van der Waals surface area contributed by atoms with Crippen molar-refractivity contribution in [2.45, 2.75) is 0 Å². The Morgan fingerprint density at radius 2 is 1.44 bits per heavy atom. The Bertz CT molecular complexity index is 1220. The third-order valence-electron chi connectivity index (χ3n) is 4.83. The van der Waals surface area contributed by atoms with Crippen molar-refractivity contribution in [1.82, 2.24) is 14.5 Å². The number of aromatic nitrogens is 3. The molecule has 0 saturated carbocycles. The van der Waals surface area contributed by atoms with Gasteiger partial charge in [0.25, 0.3) is 0 Å². The Balaban J connectivity index is 1.76. The maximum absolute atomic E-state index is 5.35. The molecule has 4 heteroatoms. The lowest BCUT2D eigenvalue weighted by Crippen LogP contribution is -1.99. The number of methoxy groups -OCH3 is 1. The number of para-hydroxylation sites is 2. The van der Waals surface area contributed by atoms with E-state index in [4.69, 9.17) is 4.74 Å². The van der Waals surface area contributed by atoms with Crippen LogP contribution in [0.2, 0.25) is 0 Å². The molecule has 0 aliphatic carbocycles. The van der Waals surface area contributed by atoms with Crippen LogP contribution in [0.1, 0.15) is 0 Å². The minimum absolute atomic E-state index is 0.810. The first-order chi connectivity index (χ1) is 13.3. The molecule has 3 aromatic carbocycles. The fourth-order valence-corrected chi connectivity index (χ4v) is 3.58. The molecule has 0 saturated heterocycles. The second-order valence-corrected chi connectivity index (χ2v) is 6.36. The Morgan fingerprint density at radius 3 is 2.15 bits per heavy atom. The van der Waals surface area contributed by atoms with Gasteiger partial charge in [-0.2, -0.15) is 0 Å². The fourth-order valence-electron chi connectivity index (χ4n) is 3.58. The van der Waals surface area contributed by atoms with Crippen molar-refractivity contribution >= 4 is 21.8 Å². The lowest BCUT2D eigenvalue weighted by Gasteiger charge is -2.09. The molecule has 4 nitrogen and oxygen atoms in total. The van der Waals surface area contributed by atoms with E-state index in [9.17, 15) is 0 Å². The molecule has 130 valence electrons. The van der Waals surface area contributed by atoms with Gasteiger partial charge in [0.2, 0.25) is 0 Å². The van der Waals surface area contributed by atoms with E-state index in [-0.39, 0.29) is 0 Å². The van der Waals surface area contributed by atoms with Gasteiger partial charge in [-0.3, -0.25) is 4.57 Å². The van der Waals surface area contributed by atoms with Gasteiger partial charge < -0.3 is 4.74 Å². The predicted molar refractivity (Wildman–Crippen MR) is 108 cm³/mol. The zero-order valence-corrected chi connectivity index (χ0v) is 14.8. The lowest BCUT2D eigenvalue weighted by atomic mass is 10.1. The Labute approximate surface area is 156 Å². The normalized spacial score (nSPS) is 11.1. The van der Waals surface area contributed by atoms with Gasteiger partial charge in [0.15, 0.2) is 0 Å². The highest BCUT2D eigenvalue weighted by atomic mass is 16.5. The molecule has 0 fully saturated rings. The van der Waals surface area contributed by atoms with Gasteiger partial charge in [-0.25, -0.2) is 9.97 Å². The van der Waals surface area contributed by atoms with E-state index in [0.717, 1.165) is 33.9 Å². The average Bonchev–Trinajstić information content (AvgIpc) is 3.08. The molecular weight excluding hydrogens is 334 g/mol. The third kappa shape index (κ3) is 2.54. The van der Waals surface area contributed by atoms with Crippen molar-refractivity contribution < 1.29 is 4.74 Å². The largest absolute Gasteiger partial charge is 0.497 e. The summed E-state index contributed by atoms with van der Waals surface area (Å²) >= 11 is 0. The molecule has 0 N–H and O–H groups in total. The second kappa shape index (κ2) is 6.25. The van der Waals surface area contributed by atoms with Gasteiger partial charge in [0.1, 0.15) is 17.9 Å². The number of ether oxygens (including phenoxy) is 1. The highest BCUT2D eigenvalue weighted by molar-refractivity contribution is 6.09. The minimum Gasteiger partial charge on any atom is -0.497 e. The first kappa shape index (κ1) is 15.6. The first-order valence-corrected chi connectivity index (χ1v) is 8.80. The van der Waals surface area contributed by atoms with Crippen LogP contribution < -0.4 is 4.74 Å². The molecule has 0 bridgehead atoms. The molecule has 5 rings (SSSR count). The maximum atomic E-state index is 5.35. The molecule has 0 unspecified atom stereocenters. The number of rotatable bonds is 3. The molecule has 0 spiro atoms. The van der Waals surface area contributed by atoms with Crippen molar-refractivity contribution in [2.24, 2.45) is 0 Å². The van der Waals surface area contributed by atoms with Gasteiger partial charge in [-0.1, -0.05) is 48.5 Å². The summed E-state index contributed by atoms with van der Waals surface area (Å²) in [6.07, 6.45) is 1.62. The lowest BCUT2D eigenvalue weighted by molar-refractivity contribution is 0.415. The number of hydrogen-bond donors (Lipinski definition) is 0. The molecule has 2 heterocycles. The van der Waals surface area contributed by atoms with E-state index < -0.39 is 0 Å². The van der Waals surface area contributed by atoms with Crippen LogP contribution in [-0.4, -0.2) is 21.6 Å². The topological polar surface area (TPSA) is 39.9 Å². The van der Waals surface area contributed by atoms with Crippen molar-refractivity contribution in [1.29, 1.82) is 0 Å². The number of benzene rings is 3. The van der Waals surface area contributed by atoms with Crippen LogP contribution in [0.3, 0.4) is 0 Å². The van der Waals surface area contributed by atoms with E-state index in [2.05, 4.69) is 63.1 Å². The Kier molecular flexibility index (Phi) is 3.61. The predicted octanol–water partition coefficient (Wildman–Crippen LogP) is 5.25. The second-order valence-electron chi connectivity index (χ2n) is 6.36. The quantitative estimate of drug-likeness (QED) is 0.446. The summed E-state index contributed by atoms with van der Waals surface area (Å²) in [7, 11) is 1.67. The standard InChI is InChI=1S/C23H17N3O/c1-27-17-8-6-7-16(13-17)20-14-23(25-15-24-20)26-21-11-4-2-9-18(21)19-10-3-5-12-22(19)26/h2-15H,1H3. The molecule has 0 aliphatic rings. The summed E-state index contributed by atoms with van der Waals surface area (Å²) in [6.45, 7) is 0. The summed E-state index contributed by atoms with van der Waals surface area (Å²) in [5, 5.41) is 2.43. The number of hydrogen-bond acceptors (Lipinski definition) is 3. The van der Waals surface area contributed by atoms with E-state index in [1.165, 1.54) is 10.8 Å². The van der Waals surface area contributed by atoms with E-state index in [1.807, 2.05) is 30.3 Å². The summed E-state index contributed by atoms with van der Waals surface area (Å²) in [5.41, 5.74) is 4.13. The Hall–Kier alpha value is -3.66. The minimum atomic E-state index is 0.810. The SMILES string of the molecule is COc1cccc(-c2cc(-n3c4ccccc4c4ccccc43)ncn2)c1. The van der Waals surface area contributed by atoms with Crippen LogP contribution in [0, 0.1) is 0 Å². The highest BCUT2D eigenvalue weighted by Gasteiger charge is 2.13. The van der Waals surface area contributed by atoms with Crippen LogP contribution in [0.15, 0.2) is 85.2 Å². The molecule has 27 heavy (non-hydrogen) atoms. The molecular formula is C23H17N3O. The fraction of sp³-hybridized carbons (Fsp3) is 0.0435. The van der Waals surface area contributed by atoms with E-state index >= 15 is 0 Å². The van der Waals surface area contributed by atoms with Gasteiger partial charge in [-0.05, 0) is 24.3 Å². The van der Waals surface area contributed by atoms with Gasteiger partial charge >= 0.3 is 0 Å². The molecule has 0 radical (unpaired) electrons. The molecule has 0 aliphatic heterocycles. The smallest absolute Gasteiger partial charge is 0.141 e. The summed E-state index contributed by atoms with van der Waals surface area (Å²) in [5.74, 6) is 1.66. The third-order valence-corrected chi connectivity index (χ3v) is 4.83. The van der Waals surface area contributed by atoms with Crippen molar-refractivity contribution in [3.05, 3.63) is 85.2 Å². The summed E-state index contributed by atoms with van der Waals surface area (Å²) in [6, 6.07) is 26.7. The monoisotopic (exact) mass is 351 g/mol. The van der Waals surface area contributed by atoms with Crippen LogP contribution in [0.25, 0.3) is 38.9 Å². The highest BCUT2D eigenvalue weighted by Crippen LogP contribution is 2.32. The van der Waals surface area contributed by atoms with Crippen LogP contribution in [0.4, 0.5) is 0 Å². The summed E-state index contributed by atoms with van der Waals surface area (Å²) in [4.78, 5) is 9.05. The number of fused-ring (bicyclic) bond motifs is 3.